The van der Waals surface area contributed by atoms with Crippen LogP contribution in [0.1, 0.15) is 49.9 Å². The average molecular weight is 503 g/mol. The third-order valence-electron chi connectivity index (χ3n) is 5.60. The monoisotopic (exact) mass is 502 g/mol. The normalized spacial score (nSPS) is 24.1. The van der Waals surface area contributed by atoms with Crippen LogP contribution in [0.5, 0.6) is 0 Å². The minimum atomic E-state index is -1.26. The van der Waals surface area contributed by atoms with Gasteiger partial charge in [0, 0.05) is 18.1 Å². The predicted octanol–water partition coefficient (Wildman–Crippen LogP) is 5.18. The lowest BCUT2D eigenvalue weighted by Gasteiger charge is -2.44. The van der Waals surface area contributed by atoms with E-state index in [1.807, 2.05) is 50.2 Å². The van der Waals surface area contributed by atoms with Crippen molar-refractivity contribution in [2.24, 2.45) is 0 Å². The zero-order chi connectivity index (χ0) is 25.0. The highest BCUT2D eigenvalue weighted by Crippen LogP contribution is 2.37. The van der Waals surface area contributed by atoms with Gasteiger partial charge in [0.2, 0.25) is 0 Å². The van der Waals surface area contributed by atoms with E-state index in [2.05, 4.69) is 0 Å². The Balaban J connectivity index is 1.95. The van der Waals surface area contributed by atoms with E-state index < -0.39 is 41.8 Å². The third-order valence-corrected chi connectivity index (χ3v) is 6.76. The first-order chi connectivity index (χ1) is 17.0. The highest BCUT2D eigenvalue weighted by Gasteiger charge is 2.52. The predicted molar refractivity (Wildman–Crippen MR) is 134 cm³/mol. The Morgan fingerprint density at radius 1 is 0.857 bits per heavy atom. The van der Waals surface area contributed by atoms with Crippen LogP contribution in [0.4, 0.5) is 0 Å². The molecule has 190 valence electrons. The SMILES string of the molecule is CCCCOC1[C@@H](OCCCC)C(C(=O)O)O[C@@H](Sc2ccccc2)[C@H]1OC(=O)c1ccccc1. The molecular formula is C27H34O7S. The molecule has 7 nitrogen and oxygen atoms in total. The summed E-state index contributed by atoms with van der Waals surface area (Å²) in [7, 11) is 0. The van der Waals surface area contributed by atoms with Gasteiger partial charge in [0.25, 0.3) is 0 Å². The molecule has 0 bridgehead atoms. The quantitative estimate of drug-likeness (QED) is 0.296. The number of unbranched alkanes of at least 4 members (excludes halogenated alkanes) is 2. The molecule has 8 heteroatoms. The number of hydrogen-bond acceptors (Lipinski definition) is 7. The lowest BCUT2D eigenvalue weighted by molar-refractivity contribution is -0.232. The number of ether oxygens (including phenoxy) is 4. The van der Waals surface area contributed by atoms with Crippen LogP contribution < -0.4 is 0 Å². The van der Waals surface area contributed by atoms with Crippen molar-refractivity contribution >= 4 is 23.7 Å². The van der Waals surface area contributed by atoms with Crippen LogP contribution in [0.25, 0.3) is 0 Å². The lowest BCUT2D eigenvalue weighted by atomic mass is 9.98. The maximum absolute atomic E-state index is 13.1. The minimum absolute atomic E-state index is 0.359. The van der Waals surface area contributed by atoms with Crippen molar-refractivity contribution in [2.45, 2.75) is 74.3 Å². The molecule has 0 saturated carbocycles. The number of carbonyl (C=O) groups excluding carboxylic acids is 1. The van der Waals surface area contributed by atoms with Crippen molar-refractivity contribution < 1.29 is 33.6 Å². The van der Waals surface area contributed by atoms with Gasteiger partial charge in [-0.15, -0.1) is 0 Å². The van der Waals surface area contributed by atoms with Crippen LogP contribution >= 0.6 is 11.8 Å². The number of thioether (sulfide) groups is 1. The summed E-state index contributed by atoms with van der Waals surface area (Å²) < 4.78 is 24.3. The number of rotatable bonds is 13. The van der Waals surface area contributed by atoms with E-state index in [9.17, 15) is 14.7 Å². The zero-order valence-electron chi connectivity index (χ0n) is 20.2. The van der Waals surface area contributed by atoms with Crippen molar-refractivity contribution in [3.63, 3.8) is 0 Å². The van der Waals surface area contributed by atoms with Crippen molar-refractivity contribution in [1.29, 1.82) is 0 Å². The van der Waals surface area contributed by atoms with Crippen LogP contribution in [0.15, 0.2) is 65.6 Å². The van der Waals surface area contributed by atoms with Crippen LogP contribution in [-0.2, 0) is 23.7 Å². The minimum Gasteiger partial charge on any atom is -0.479 e. The maximum Gasteiger partial charge on any atom is 0.338 e. The number of hydrogen-bond donors (Lipinski definition) is 1. The second kappa shape index (κ2) is 14.2. The van der Waals surface area contributed by atoms with Gasteiger partial charge >= 0.3 is 11.9 Å². The first-order valence-electron chi connectivity index (χ1n) is 12.1. The van der Waals surface area contributed by atoms with Gasteiger partial charge in [-0.1, -0.05) is 74.8 Å². The Bertz CT molecular complexity index is 908. The Morgan fingerprint density at radius 3 is 2.00 bits per heavy atom. The fourth-order valence-corrected chi connectivity index (χ4v) is 4.83. The summed E-state index contributed by atoms with van der Waals surface area (Å²) in [5, 5.41) is 10.0. The Labute approximate surface area is 211 Å². The van der Waals surface area contributed by atoms with Gasteiger partial charge in [0.1, 0.15) is 17.6 Å². The molecule has 0 aromatic heterocycles. The zero-order valence-corrected chi connectivity index (χ0v) is 21.0. The fraction of sp³-hybridized carbons (Fsp3) is 0.481. The van der Waals surface area contributed by atoms with E-state index in [1.165, 1.54) is 11.8 Å². The van der Waals surface area contributed by atoms with Crippen molar-refractivity contribution in [2.75, 3.05) is 13.2 Å². The molecule has 2 unspecified atom stereocenters. The first-order valence-corrected chi connectivity index (χ1v) is 13.0. The van der Waals surface area contributed by atoms with E-state index >= 15 is 0 Å². The molecule has 3 rings (SSSR count). The van der Waals surface area contributed by atoms with Crippen LogP contribution in [0, 0.1) is 0 Å². The van der Waals surface area contributed by atoms with Crippen LogP contribution in [-0.4, -0.2) is 60.1 Å². The Kier molecular flexibility index (Phi) is 11.1. The van der Waals surface area contributed by atoms with Crippen molar-refractivity contribution in [3.05, 3.63) is 66.2 Å². The summed E-state index contributed by atoms with van der Waals surface area (Å²) in [6, 6.07) is 18.2. The van der Waals surface area contributed by atoms with Gasteiger partial charge < -0.3 is 24.1 Å². The average Bonchev–Trinajstić information content (AvgIpc) is 2.87. The Morgan fingerprint density at radius 2 is 1.43 bits per heavy atom. The molecule has 35 heavy (non-hydrogen) atoms. The number of carboxylic acids is 1. The highest BCUT2D eigenvalue weighted by atomic mass is 32.2. The molecule has 0 amide bonds. The molecule has 0 aliphatic carbocycles. The second-order valence-corrected chi connectivity index (χ2v) is 9.48. The van der Waals surface area contributed by atoms with Crippen LogP contribution in [0.3, 0.4) is 0 Å². The molecule has 1 N–H and O–H groups in total. The lowest BCUT2D eigenvalue weighted by Crippen LogP contribution is -2.61. The number of aliphatic carboxylic acids is 1. The van der Waals surface area contributed by atoms with Crippen molar-refractivity contribution in [1.82, 2.24) is 0 Å². The van der Waals surface area contributed by atoms with Gasteiger partial charge in [-0.25, -0.2) is 9.59 Å². The highest BCUT2D eigenvalue weighted by molar-refractivity contribution is 7.99. The second-order valence-electron chi connectivity index (χ2n) is 8.31. The Hall–Kier alpha value is -2.39. The largest absolute Gasteiger partial charge is 0.479 e. The smallest absolute Gasteiger partial charge is 0.338 e. The molecule has 5 atom stereocenters. The third kappa shape index (κ3) is 7.80. The van der Waals surface area contributed by atoms with Gasteiger partial charge in [0.15, 0.2) is 12.2 Å². The number of benzene rings is 2. The standard InChI is InChI=1S/C27H34O7S/c1-3-5-17-31-21-22(32-18-6-4-2)24(33-26(30)19-13-9-7-10-14-19)27(34-23(21)25(28)29)35-20-15-11-8-12-16-20/h7-16,21-24,27H,3-6,17-18H2,1-2H3,(H,28,29)/t21-,22?,23?,24+,27+/m1/s1. The molecule has 1 fully saturated rings. The van der Waals surface area contributed by atoms with Gasteiger partial charge in [-0.05, 0) is 37.1 Å². The summed E-state index contributed by atoms with van der Waals surface area (Å²) in [6.45, 7) is 4.83. The molecule has 2 aromatic rings. The molecule has 0 spiro atoms. The summed E-state index contributed by atoms with van der Waals surface area (Å²) in [6.07, 6.45) is -0.513. The molecule has 1 heterocycles. The van der Waals surface area contributed by atoms with E-state index in [1.54, 1.807) is 24.3 Å². The van der Waals surface area contributed by atoms with E-state index in [0.29, 0.717) is 18.8 Å². The maximum atomic E-state index is 13.1. The van der Waals surface area contributed by atoms with Crippen LogP contribution in [0.2, 0.25) is 0 Å². The first kappa shape index (κ1) is 27.2. The van der Waals surface area contributed by atoms with E-state index in [0.717, 1.165) is 30.6 Å². The van der Waals surface area contributed by atoms with Crippen molar-refractivity contribution in [3.8, 4) is 0 Å². The molecule has 1 aliphatic heterocycles. The topological polar surface area (TPSA) is 91.3 Å². The van der Waals surface area contributed by atoms with Gasteiger partial charge in [-0.2, -0.15) is 0 Å². The number of esters is 1. The van der Waals surface area contributed by atoms with Gasteiger partial charge in [0.05, 0.1) is 5.56 Å². The summed E-state index contributed by atoms with van der Waals surface area (Å²) in [5.41, 5.74) is -0.407. The van der Waals surface area contributed by atoms with E-state index in [-0.39, 0.29) is 0 Å². The molecule has 1 aliphatic rings. The number of carbonyl (C=O) groups is 2. The van der Waals surface area contributed by atoms with Gasteiger partial charge in [-0.3, -0.25) is 0 Å². The summed E-state index contributed by atoms with van der Waals surface area (Å²) >= 11 is 1.31. The molecular weight excluding hydrogens is 468 g/mol. The van der Waals surface area contributed by atoms with E-state index in [4.69, 9.17) is 18.9 Å². The molecule has 1 saturated heterocycles. The number of carboxylic acid groups (broad SMARTS) is 1. The summed E-state index contributed by atoms with van der Waals surface area (Å²) in [4.78, 5) is 26.2. The molecule has 2 aromatic carbocycles. The molecule has 0 radical (unpaired) electrons. The summed E-state index contributed by atoms with van der Waals surface area (Å²) in [5.74, 6) is -1.66. The fourth-order valence-electron chi connectivity index (χ4n) is 3.73.